The Morgan fingerprint density at radius 1 is 1.10 bits per heavy atom. The van der Waals surface area contributed by atoms with E-state index in [4.69, 9.17) is 0 Å². The molecule has 0 aromatic heterocycles. The maximum absolute atomic E-state index is 12.6. The molecule has 4 saturated carbocycles. The Bertz CT molecular complexity index is 406. The molecule has 5 rings (SSSR count). The SMILES string of the molecule is CC1(C)C(=O)N(C2C3CC4CC(C3)CC2C4)N1CCO. The number of hydrogen-bond acceptors (Lipinski definition) is 3. The van der Waals surface area contributed by atoms with E-state index in [2.05, 4.69) is 5.01 Å². The van der Waals surface area contributed by atoms with Gasteiger partial charge in [0.1, 0.15) is 5.54 Å². The quantitative estimate of drug-likeness (QED) is 0.853. The summed E-state index contributed by atoms with van der Waals surface area (Å²) in [5, 5.41) is 13.5. The highest BCUT2D eigenvalue weighted by Crippen LogP contribution is 2.56. The largest absolute Gasteiger partial charge is 0.395 e. The lowest BCUT2D eigenvalue weighted by Crippen LogP contribution is -2.79. The summed E-state index contributed by atoms with van der Waals surface area (Å²) in [4.78, 5) is 12.6. The maximum Gasteiger partial charge on any atom is 0.258 e. The van der Waals surface area contributed by atoms with Gasteiger partial charge in [-0.25, -0.2) is 5.01 Å². The number of amides is 1. The third-order valence-corrected chi connectivity index (χ3v) is 6.41. The van der Waals surface area contributed by atoms with Crippen molar-refractivity contribution in [2.45, 2.75) is 57.5 Å². The van der Waals surface area contributed by atoms with Crippen LogP contribution in [0, 0.1) is 23.7 Å². The van der Waals surface area contributed by atoms with Crippen LogP contribution in [0.3, 0.4) is 0 Å². The van der Waals surface area contributed by atoms with E-state index in [1.54, 1.807) is 0 Å². The number of aliphatic hydroxyl groups excluding tert-OH is 1. The monoisotopic (exact) mass is 278 g/mol. The molecule has 4 nitrogen and oxygen atoms in total. The lowest BCUT2D eigenvalue weighted by atomic mass is 9.53. The summed E-state index contributed by atoms with van der Waals surface area (Å²) in [6.07, 6.45) is 6.76. The molecule has 0 spiro atoms. The molecule has 0 radical (unpaired) electrons. The molecule has 112 valence electrons. The molecule has 4 heteroatoms. The predicted molar refractivity (Wildman–Crippen MR) is 75.5 cm³/mol. The highest BCUT2D eigenvalue weighted by molar-refractivity contribution is 5.90. The van der Waals surface area contributed by atoms with Gasteiger partial charge < -0.3 is 5.11 Å². The average molecular weight is 278 g/mol. The fraction of sp³-hybridized carbons (Fsp3) is 0.938. The van der Waals surface area contributed by atoms with Crippen molar-refractivity contribution < 1.29 is 9.90 Å². The molecule has 1 N–H and O–H groups in total. The molecule has 0 aromatic carbocycles. The van der Waals surface area contributed by atoms with Gasteiger partial charge >= 0.3 is 0 Å². The standard InChI is InChI=1S/C16H26N2O2/c1-16(2)15(20)18(17(16)3-4-19)14-12-6-10-5-11(8-12)9-13(14)7-10/h10-14,19H,3-9H2,1-2H3. The van der Waals surface area contributed by atoms with E-state index in [0.29, 0.717) is 24.4 Å². The molecular formula is C16H26N2O2. The number of hydrogen-bond donors (Lipinski definition) is 1. The second kappa shape index (κ2) is 4.20. The number of nitrogens with zero attached hydrogens (tertiary/aromatic N) is 2. The van der Waals surface area contributed by atoms with Crippen LogP contribution >= 0.6 is 0 Å². The van der Waals surface area contributed by atoms with E-state index in [0.717, 1.165) is 11.8 Å². The van der Waals surface area contributed by atoms with Crippen molar-refractivity contribution in [3.63, 3.8) is 0 Å². The molecule has 5 aliphatic rings. The van der Waals surface area contributed by atoms with E-state index >= 15 is 0 Å². The number of rotatable bonds is 3. The zero-order valence-corrected chi connectivity index (χ0v) is 12.6. The number of carbonyl (C=O) groups excluding carboxylic acids is 1. The van der Waals surface area contributed by atoms with Crippen LogP contribution in [0.4, 0.5) is 0 Å². The normalized spacial score (nSPS) is 45.9. The lowest BCUT2D eigenvalue weighted by Gasteiger charge is -2.65. The van der Waals surface area contributed by atoms with Gasteiger partial charge in [0.05, 0.1) is 12.6 Å². The first-order valence-electron chi connectivity index (χ1n) is 8.24. The molecule has 5 fully saturated rings. The molecule has 4 aliphatic carbocycles. The van der Waals surface area contributed by atoms with E-state index in [1.165, 1.54) is 32.1 Å². The Labute approximate surface area is 121 Å². The summed E-state index contributed by atoms with van der Waals surface area (Å²) in [5.41, 5.74) is -0.419. The molecule has 1 aliphatic heterocycles. The van der Waals surface area contributed by atoms with Crippen LogP contribution in [0.15, 0.2) is 0 Å². The zero-order valence-electron chi connectivity index (χ0n) is 12.6. The number of hydrazine groups is 1. The van der Waals surface area contributed by atoms with Gasteiger partial charge in [-0.15, -0.1) is 0 Å². The van der Waals surface area contributed by atoms with E-state index in [9.17, 15) is 9.90 Å². The fourth-order valence-corrected chi connectivity index (χ4v) is 5.80. The molecule has 0 unspecified atom stereocenters. The number of β-amino-alcohol motifs (C(OH)–C–C–N with tert-alkyl or cyclic N) is 1. The van der Waals surface area contributed by atoms with E-state index in [1.807, 2.05) is 18.9 Å². The average Bonchev–Trinajstić information content (AvgIpc) is 2.40. The van der Waals surface area contributed by atoms with Crippen molar-refractivity contribution >= 4 is 5.91 Å². The fourth-order valence-electron chi connectivity index (χ4n) is 5.80. The van der Waals surface area contributed by atoms with Crippen LogP contribution in [0.1, 0.15) is 46.0 Å². The smallest absolute Gasteiger partial charge is 0.258 e. The first kappa shape index (κ1) is 13.1. The first-order chi connectivity index (χ1) is 9.52. The first-order valence-corrected chi connectivity index (χ1v) is 8.24. The van der Waals surface area contributed by atoms with Gasteiger partial charge in [0, 0.05) is 6.54 Å². The Morgan fingerprint density at radius 2 is 1.65 bits per heavy atom. The molecule has 20 heavy (non-hydrogen) atoms. The van der Waals surface area contributed by atoms with Gasteiger partial charge in [-0.3, -0.25) is 9.80 Å². The van der Waals surface area contributed by atoms with Gasteiger partial charge in [-0.05, 0) is 69.6 Å². The van der Waals surface area contributed by atoms with Gasteiger partial charge in [0.2, 0.25) is 0 Å². The van der Waals surface area contributed by atoms with Crippen molar-refractivity contribution in [1.29, 1.82) is 0 Å². The van der Waals surface area contributed by atoms with Crippen molar-refractivity contribution in [3.8, 4) is 0 Å². The molecule has 1 saturated heterocycles. The van der Waals surface area contributed by atoms with Crippen LogP contribution in [0.2, 0.25) is 0 Å². The Hall–Kier alpha value is -0.610. The minimum absolute atomic E-state index is 0.126. The Balaban J connectivity index is 1.59. The van der Waals surface area contributed by atoms with Crippen LogP contribution in [0.25, 0.3) is 0 Å². The molecule has 4 bridgehead atoms. The summed E-state index contributed by atoms with van der Waals surface area (Å²) in [5.74, 6) is 3.57. The van der Waals surface area contributed by atoms with Crippen LogP contribution in [0.5, 0.6) is 0 Å². The second-order valence-corrected chi connectivity index (χ2v) is 7.98. The highest BCUT2D eigenvalue weighted by atomic mass is 16.3. The molecule has 1 amide bonds. The minimum Gasteiger partial charge on any atom is -0.395 e. The van der Waals surface area contributed by atoms with Gasteiger partial charge in [0.15, 0.2) is 0 Å². The summed E-state index contributed by atoms with van der Waals surface area (Å²) in [6.45, 7) is 4.68. The van der Waals surface area contributed by atoms with Gasteiger partial charge in [-0.2, -0.15) is 0 Å². The lowest BCUT2D eigenvalue weighted by molar-refractivity contribution is -0.249. The Morgan fingerprint density at radius 3 is 2.15 bits per heavy atom. The third kappa shape index (κ3) is 1.58. The minimum atomic E-state index is -0.419. The van der Waals surface area contributed by atoms with Crippen molar-refractivity contribution in [2.75, 3.05) is 13.2 Å². The third-order valence-electron chi connectivity index (χ3n) is 6.41. The second-order valence-electron chi connectivity index (χ2n) is 7.98. The number of aliphatic hydroxyl groups is 1. The van der Waals surface area contributed by atoms with E-state index in [-0.39, 0.29) is 12.5 Å². The maximum atomic E-state index is 12.6. The van der Waals surface area contributed by atoms with Crippen molar-refractivity contribution in [1.82, 2.24) is 10.0 Å². The molecule has 0 atom stereocenters. The van der Waals surface area contributed by atoms with Crippen LogP contribution in [-0.2, 0) is 4.79 Å². The summed E-state index contributed by atoms with van der Waals surface area (Å²) in [6, 6.07) is 0.426. The highest BCUT2D eigenvalue weighted by Gasteiger charge is 2.60. The molecule has 0 aromatic rings. The van der Waals surface area contributed by atoms with Gasteiger partial charge in [-0.1, -0.05) is 0 Å². The summed E-state index contributed by atoms with van der Waals surface area (Å²) in [7, 11) is 0. The predicted octanol–water partition coefficient (Wildman–Crippen LogP) is 1.64. The molecular weight excluding hydrogens is 252 g/mol. The van der Waals surface area contributed by atoms with Gasteiger partial charge in [0.25, 0.3) is 5.91 Å². The number of carbonyl (C=O) groups is 1. The topological polar surface area (TPSA) is 43.8 Å². The van der Waals surface area contributed by atoms with Crippen LogP contribution < -0.4 is 0 Å². The summed E-state index contributed by atoms with van der Waals surface area (Å²) < 4.78 is 0. The van der Waals surface area contributed by atoms with E-state index < -0.39 is 5.54 Å². The zero-order chi connectivity index (χ0) is 14.1. The van der Waals surface area contributed by atoms with Crippen molar-refractivity contribution in [2.24, 2.45) is 23.7 Å². The molecule has 1 heterocycles. The van der Waals surface area contributed by atoms with Crippen LogP contribution in [-0.4, -0.2) is 45.8 Å². The summed E-state index contributed by atoms with van der Waals surface area (Å²) >= 11 is 0. The Kier molecular flexibility index (Phi) is 2.75. The van der Waals surface area contributed by atoms with Crippen molar-refractivity contribution in [3.05, 3.63) is 0 Å².